The van der Waals surface area contributed by atoms with E-state index in [-0.39, 0.29) is 0 Å². The summed E-state index contributed by atoms with van der Waals surface area (Å²) < 4.78 is 1.96. The van der Waals surface area contributed by atoms with Crippen LogP contribution < -0.4 is 5.73 Å². The van der Waals surface area contributed by atoms with Gasteiger partial charge in [-0.15, -0.1) is 0 Å². The van der Waals surface area contributed by atoms with E-state index >= 15 is 0 Å². The number of hydrogen-bond donors (Lipinski definition) is 1. The molecule has 114 valence electrons. The van der Waals surface area contributed by atoms with Crippen LogP contribution in [0, 0.1) is 17.3 Å². The first-order valence-corrected chi connectivity index (χ1v) is 8.10. The molecule has 1 aromatic heterocycles. The monoisotopic (exact) mass is 277 g/mol. The maximum atomic E-state index is 6.44. The zero-order chi connectivity index (χ0) is 14.8. The van der Waals surface area contributed by atoms with Crippen molar-refractivity contribution >= 4 is 0 Å². The summed E-state index contributed by atoms with van der Waals surface area (Å²) in [6.45, 7) is 7.13. The molecule has 1 saturated carbocycles. The molecule has 3 heteroatoms. The standard InChI is InChI=1S/C17H31N3/c1-17(2,3)14-7-5-13(6-8-14)16(18)10-9-15-11-12-19-20(15)4/h11-14,16H,5-10,18H2,1-4H3. The van der Waals surface area contributed by atoms with Gasteiger partial charge in [0.15, 0.2) is 0 Å². The molecule has 0 bridgehead atoms. The quantitative estimate of drug-likeness (QED) is 0.915. The molecule has 1 unspecified atom stereocenters. The maximum absolute atomic E-state index is 6.44. The van der Waals surface area contributed by atoms with Gasteiger partial charge in [0.1, 0.15) is 0 Å². The second-order valence-electron chi connectivity index (χ2n) is 7.63. The van der Waals surface area contributed by atoms with Gasteiger partial charge in [-0.1, -0.05) is 20.8 Å². The molecule has 0 aliphatic heterocycles. The van der Waals surface area contributed by atoms with Crippen molar-refractivity contribution in [2.75, 3.05) is 0 Å². The van der Waals surface area contributed by atoms with Crippen LogP contribution in [0.5, 0.6) is 0 Å². The number of nitrogens with two attached hydrogens (primary N) is 1. The van der Waals surface area contributed by atoms with Gasteiger partial charge < -0.3 is 5.73 Å². The van der Waals surface area contributed by atoms with Crippen molar-refractivity contribution in [2.45, 2.75) is 65.3 Å². The first-order valence-electron chi connectivity index (χ1n) is 8.10. The lowest BCUT2D eigenvalue weighted by Gasteiger charge is -2.38. The second kappa shape index (κ2) is 6.30. The number of rotatable bonds is 4. The van der Waals surface area contributed by atoms with Crippen molar-refractivity contribution in [1.82, 2.24) is 9.78 Å². The minimum atomic E-state index is 0.353. The van der Waals surface area contributed by atoms with Crippen molar-refractivity contribution < 1.29 is 0 Å². The van der Waals surface area contributed by atoms with E-state index < -0.39 is 0 Å². The fourth-order valence-corrected chi connectivity index (χ4v) is 3.61. The molecule has 1 fully saturated rings. The van der Waals surface area contributed by atoms with Gasteiger partial charge in [0, 0.05) is 25.0 Å². The van der Waals surface area contributed by atoms with Gasteiger partial charge in [-0.2, -0.15) is 5.10 Å². The Labute approximate surface area is 123 Å². The lowest BCUT2D eigenvalue weighted by molar-refractivity contribution is 0.138. The van der Waals surface area contributed by atoms with Crippen molar-refractivity contribution in [3.05, 3.63) is 18.0 Å². The summed E-state index contributed by atoms with van der Waals surface area (Å²) in [5.74, 6) is 1.60. The lowest BCUT2D eigenvalue weighted by Crippen LogP contribution is -2.35. The fraction of sp³-hybridized carbons (Fsp3) is 0.824. The first-order chi connectivity index (χ1) is 9.38. The number of nitrogens with zero attached hydrogens (tertiary/aromatic N) is 2. The molecule has 1 aliphatic carbocycles. The van der Waals surface area contributed by atoms with Gasteiger partial charge in [-0.25, -0.2) is 0 Å². The molecule has 1 aromatic rings. The normalized spacial score (nSPS) is 25.6. The van der Waals surface area contributed by atoms with E-state index in [2.05, 4.69) is 31.9 Å². The van der Waals surface area contributed by atoms with E-state index in [1.54, 1.807) is 0 Å². The number of hydrogen-bond acceptors (Lipinski definition) is 2. The van der Waals surface area contributed by atoms with Crippen molar-refractivity contribution in [3.8, 4) is 0 Å². The topological polar surface area (TPSA) is 43.8 Å². The zero-order valence-corrected chi connectivity index (χ0v) is 13.6. The summed E-state index contributed by atoms with van der Waals surface area (Å²) >= 11 is 0. The molecule has 1 atom stereocenters. The SMILES string of the molecule is Cn1nccc1CCC(N)C1CCC(C(C)(C)C)CC1. The molecular formula is C17H31N3. The minimum Gasteiger partial charge on any atom is -0.327 e. The molecule has 2 N–H and O–H groups in total. The van der Waals surface area contributed by atoms with Crippen molar-refractivity contribution in [1.29, 1.82) is 0 Å². The van der Waals surface area contributed by atoms with E-state index in [1.807, 2.05) is 17.9 Å². The molecule has 0 amide bonds. The highest BCUT2D eigenvalue weighted by molar-refractivity contribution is 5.00. The van der Waals surface area contributed by atoms with Crippen LogP contribution in [0.2, 0.25) is 0 Å². The van der Waals surface area contributed by atoms with E-state index in [4.69, 9.17) is 5.73 Å². The Hall–Kier alpha value is -0.830. The average molecular weight is 277 g/mol. The van der Waals surface area contributed by atoms with Crippen LogP contribution in [0.25, 0.3) is 0 Å². The Morgan fingerprint density at radius 3 is 2.45 bits per heavy atom. The fourth-order valence-electron chi connectivity index (χ4n) is 3.61. The predicted octanol–water partition coefficient (Wildman–Crippen LogP) is 3.53. The number of aromatic nitrogens is 2. The molecular weight excluding hydrogens is 246 g/mol. The molecule has 20 heavy (non-hydrogen) atoms. The largest absolute Gasteiger partial charge is 0.327 e. The van der Waals surface area contributed by atoms with Crippen LogP contribution >= 0.6 is 0 Å². The molecule has 2 rings (SSSR count). The Bertz CT molecular complexity index is 408. The summed E-state index contributed by atoms with van der Waals surface area (Å²) in [5, 5.41) is 4.22. The molecule has 0 aromatic carbocycles. The van der Waals surface area contributed by atoms with Gasteiger partial charge >= 0.3 is 0 Å². The molecule has 1 heterocycles. The van der Waals surface area contributed by atoms with Crippen molar-refractivity contribution in [3.63, 3.8) is 0 Å². The van der Waals surface area contributed by atoms with Crippen LogP contribution in [0.4, 0.5) is 0 Å². The molecule has 1 aliphatic rings. The van der Waals surface area contributed by atoms with E-state index in [9.17, 15) is 0 Å². The first kappa shape index (κ1) is 15.6. The van der Waals surface area contributed by atoms with E-state index in [0.29, 0.717) is 11.5 Å². The second-order valence-corrected chi connectivity index (χ2v) is 7.63. The van der Waals surface area contributed by atoms with Crippen LogP contribution in [-0.2, 0) is 13.5 Å². The molecule has 0 saturated heterocycles. The third kappa shape index (κ3) is 3.85. The summed E-state index contributed by atoms with van der Waals surface area (Å²) in [6, 6.07) is 2.45. The van der Waals surface area contributed by atoms with Gasteiger partial charge in [0.25, 0.3) is 0 Å². The Kier molecular flexibility index (Phi) is 4.90. The Morgan fingerprint density at radius 2 is 1.95 bits per heavy atom. The average Bonchev–Trinajstić information content (AvgIpc) is 2.81. The zero-order valence-electron chi connectivity index (χ0n) is 13.6. The maximum Gasteiger partial charge on any atom is 0.0492 e. The Morgan fingerprint density at radius 1 is 1.30 bits per heavy atom. The van der Waals surface area contributed by atoms with Gasteiger partial charge in [-0.05, 0) is 61.8 Å². The van der Waals surface area contributed by atoms with Crippen LogP contribution in [-0.4, -0.2) is 15.8 Å². The van der Waals surface area contributed by atoms with Gasteiger partial charge in [0.2, 0.25) is 0 Å². The predicted molar refractivity (Wildman–Crippen MR) is 84.4 cm³/mol. The smallest absolute Gasteiger partial charge is 0.0492 e. The number of aryl methyl sites for hydroxylation is 2. The van der Waals surface area contributed by atoms with Gasteiger partial charge in [0.05, 0.1) is 0 Å². The summed E-state index contributed by atoms with van der Waals surface area (Å²) in [5.41, 5.74) is 8.20. The third-order valence-electron chi connectivity index (χ3n) is 5.26. The third-order valence-corrected chi connectivity index (χ3v) is 5.26. The van der Waals surface area contributed by atoms with E-state index in [0.717, 1.165) is 24.7 Å². The Balaban J connectivity index is 1.77. The molecule has 3 nitrogen and oxygen atoms in total. The molecule has 0 spiro atoms. The molecule has 0 radical (unpaired) electrons. The lowest BCUT2D eigenvalue weighted by atomic mass is 9.68. The van der Waals surface area contributed by atoms with E-state index in [1.165, 1.54) is 31.4 Å². The minimum absolute atomic E-state index is 0.353. The summed E-state index contributed by atoms with van der Waals surface area (Å²) in [7, 11) is 2.01. The van der Waals surface area contributed by atoms with Crippen LogP contribution in [0.3, 0.4) is 0 Å². The summed E-state index contributed by atoms with van der Waals surface area (Å²) in [6.07, 6.45) is 9.35. The highest BCUT2D eigenvalue weighted by atomic mass is 15.2. The van der Waals surface area contributed by atoms with Crippen molar-refractivity contribution in [2.24, 2.45) is 30.0 Å². The highest BCUT2D eigenvalue weighted by Crippen LogP contribution is 2.40. The highest BCUT2D eigenvalue weighted by Gasteiger charge is 2.31. The van der Waals surface area contributed by atoms with Crippen LogP contribution in [0.1, 0.15) is 58.6 Å². The summed E-state index contributed by atoms with van der Waals surface area (Å²) in [4.78, 5) is 0. The van der Waals surface area contributed by atoms with Gasteiger partial charge in [-0.3, -0.25) is 4.68 Å². The van der Waals surface area contributed by atoms with Crippen LogP contribution in [0.15, 0.2) is 12.3 Å².